The molecule has 0 radical (unpaired) electrons. The maximum Gasteiger partial charge on any atom is 0.248 e. The highest BCUT2D eigenvalue weighted by Crippen LogP contribution is 2.28. The Morgan fingerprint density at radius 2 is 1.68 bits per heavy atom. The fourth-order valence-electron chi connectivity index (χ4n) is 4.40. The molecule has 3 fully saturated rings. The molecule has 31 heavy (non-hydrogen) atoms. The Morgan fingerprint density at radius 1 is 1.03 bits per heavy atom. The number of carbonyl (C=O) groups is 2. The summed E-state index contributed by atoms with van der Waals surface area (Å²) < 4.78 is 32.4. The van der Waals surface area contributed by atoms with Gasteiger partial charge in [0, 0.05) is 51.2 Å². The molecule has 0 aromatic carbocycles. The second-order valence-corrected chi connectivity index (χ2v) is 10.6. The van der Waals surface area contributed by atoms with Crippen LogP contribution < -0.4 is 5.32 Å². The Bertz CT molecular complexity index is 906. The van der Waals surface area contributed by atoms with E-state index in [1.807, 2.05) is 4.90 Å². The van der Waals surface area contributed by atoms with E-state index in [-0.39, 0.29) is 22.6 Å². The Morgan fingerprint density at radius 3 is 2.23 bits per heavy atom. The number of nitrogens with one attached hydrogen (secondary N) is 1. The summed E-state index contributed by atoms with van der Waals surface area (Å²) in [4.78, 5) is 29.0. The van der Waals surface area contributed by atoms with Gasteiger partial charge in [-0.1, -0.05) is 5.16 Å². The zero-order valence-corrected chi connectivity index (χ0v) is 19.0. The molecular weight excluding hydrogens is 422 g/mol. The lowest BCUT2D eigenvalue weighted by Gasteiger charge is -2.38. The van der Waals surface area contributed by atoms with Gasteiger partial charge in [0.05, 0.1) is 6.54 Å². The number of hydrogen-bond acceptors (Lipinski definition) is 7. The van der Waals surface area contributed by atoms with Crippen LogP contribution in [-0.2, 0) is 19.6 Å². The highest BCUT2D eigenvalue weighted by molar-refractivity contribution is 7.89. The van der Waals surface area contributed by atoms with Crippen LogP contribution in [0, 0.1) is 19.8 Å². The smallest absolute Gasteiger partial charge is 0.248 e. The van der Waals surface area contributed by atoms with Crippen molar-refractivity contribution in [3.05, 3.63) is 11.5 Å². The van der Waals surface area contributed by atoms with Gasteiger partial charge in [-0.15, -0.1) is 0 Å². The number of piperazine rings is 1. The summed E-state index contributed by atoms with van der Waals surface area (Å²) in [6.07, 6.45) is 3.16. The molecule has 2 aliphatic heterocycles. The minimum atomic E-state index is -3.67. The molecule has 1 aromatic rings. The number of aryl methyl sites for hydroxylation is 2. The minimum Gasteiger partial charge on any atom is -0.360 e. The molecule has 4 rings (SSSR count). The summed E-state index contributed by atoms with van der Waals surface area (Å²) in [5.74, 6) is 0.283. The van der Waals surface area contributed by atoms with Crippen molar-refractivity contribution in [3.63, 3.8) is 0 Å². The third kappa shape index (κ3) is 4.93. The van der Waals surface area contributed by atoms with Crippen LogP contribution in [0.15, 0.2) is 9.42 Å². The van der Waals surface area contributed by atoms with Crippen LogP contribution in [-0.4, -0.2) is 91.3 Å². The summed E-state index contributed by atoms with van der Waals surface area (Å²) >= 11 is 0. The molecule has 1 aliphatic carbocycles. The van der Waals surface area contributed by atoms with Gasteiger partial charge in [-0.05, 0) is 39.5 Å². The normalized spacial score (nSPS) is 21.9. The molecule has 10 nitrogen and oxygen atoms in total. The Hall–Kier alpha value is -1.98. The van der Waals surface area contributed by atoms with Gasteiger partial charge < -0.3 is 14.7 Å². The van der Waals surface area contributed by atoms with Crippen molar-refractivity contribution in [1.82, 2.24) is 24.6 Å². The average Bonchev–Trinajstić information content (AvgIpc) is 3.49. The molecule has 2 saturated heterocycles. The standard InChI is InChI=1S/C20H31N5O5S/c1-14-19(15(2)30-22-14)31(28,29)25-7-5-16(6-8-25)20(27)24-11-9-23(10-12-24)13-18(26)21-17-3-4-17/h16-17H,3-13H2,1-2H3,(H,21,26). The molecule has 3 aliphatic rings. The first-order valence-electron chi connectivity index (χ1n) is 11.0. The number of carbonyl (C=O) groups excluding carboxylic acids is 2. The molecule has 0 unspecified atom stereocenters. The van der Waals surface area contributed by atoms with Crippen molar-refractivity contribution in [2.75, 3.05) is 45.8 Å². The summed E-state index contributed by atoms with van der Waals surface area (Å²) in [5.41, 5.74) is 0.361. The maximum absolute atomic E-state index is 13.0. The third-order valence-electron chi connectivity index (χ3n) is 6.36. The Balaban J connectivity index is 1.25. The van der Waals surface area contributed by atoms with Gasteiger partial charge in [0.15, 0.2) is 5.76 Å². The molecular formula is C20H31N5O5S. The summed E-state index contributed by atoms with van der Waals surface area (Å²) in [5, 5.41) is 6.75. The second-order valence-electron chi connectivity index (χ2n) is 8.77. The lowest BCUT2D eigenvalue weighted by atomic mass is 9.96. The van der Waals surface area contributed by atoms with E-state index >= 15 is 0 Å². The van der Waals surface area contributed by atoms with Crippen molar-refractivity contribution >= 4 is 21.8 Å². The van der Waals surface area contributed by atoms with Crippen LogP contribution >= 0.6 is 0 Å². The van der Waals surface area contributed by atoms with Gasteiger partial charge in [-0.3, -0.25) is 14.5 Å². The van der Waals surface area contributed by atoms with Crippen LogP contribution in [0.3, 0.4) is 0 Å². The van der Waals surface area contributed by atoms with Crippen molar-refractivity contribution in [2.45, 2.75) is 50.5 Å². The molecule has 2 amide bonds. The van der Waals surface area contributed by atoms with E-state index in [0.29, 0.717) is 76.2 Å². The molecule has 172 valence electrons. The molecule has 1 aromatic heterocycles. The van der Waals surface area contributed by atoms with E-state index in [1.54, 1.807) is 13.8 Å². The molecule has 1 saturated carbocycles. The first-order chi connectivity index (χ1) is 14.8. The molecule has 0 atom stereocenters. The van der Waals surface area contributed by atoms with E-state index in [1.165, 1.54) is 4.31 Å². The summed E-state index contributed by atoms with van der Waals surface area (Å²) in [6, 6.07) is 0.364. The van der Waals surface area contributed by atoms with Crippen LogP contribution in [0.25, 0.3) is 0 Å². The van der Waals surface area contributed by atoms with Crippen LogP contribution in [0.5, 0.6) is 0 Å². The average molecular weight is 454 g/mol. The van der Waals surface area contributed by atoms with Crippen molar-refractivity contribution in [1.29, 1.82) is 0 Å². The minimum absolute atomic E-state index is 0.0640. The van der Waals surface area contributed by atoms with Crippen molar-refractivity contribution in [3.8, 4) is 0 Å². The van der Waals surface area contributed by atoms with Gasteiger partial charge >= 0.3 is 0 Å². The lowest BCUT2D eigenvalue weighted by Crippen LogP contribution is -2.53. The quantitative estimate of drug-likeness (QED) is 0.650. The molecule has 1 N–H and O–H groups in total. The zero-order chi connectivity index (χ0) is 22.2. The highest BCUT2D eigenvalue weighted by Gasteiger charge is 2.37. The van der Waals surface area contributed by atoms with Crippen molar-refractivity contribution < 1.29 is 22.5 Å². The summed E-state index contributed by atoms with van der Waals surface area (Å²) in [7, 11) is -3.67. The number of amides is 2. The van der Waals surface area contributed by atoms with E-state index < -0.39 is 10.0 Å². The largest absolute Gasteiger partial charge is 0.360 e. The van der Waals surface area contributed by atoms with Crippen LogP contribution in [0.4, 0.5) is 0 Å². The fraction of sp³-hybridized carbons (Fsp3) is 0.750. The van der Waals surface area contributed by atoms with Crippen molar-refractivity contribution in [2.24, 2.45) is 5.92 Å². The lowest BCUT2D eigenvalue weighted by molar-refractivity contribution is -0.138. The van der Waals surface area contributed by atoms with Gasteiger partial charge in [0.25, 0.3) is 0 Å². The number of rotatable bonds is 6. The molecule has 0 spiro atoms. The van der Waals surface area contributed by atoms with E-state index in [2.05, 4.69) is 15.4 Å². The maximum atomic E-state index is 13.0. The Labute approximate surface area is 182 Å². The van der Waals surface area contributed by atoms with Gasteiger partial charge in [-0.2, -0.15) is 4.31 Å². The number of sulfonamides is 1. The monoisotopic (exact) mass is 453 g/mol. The van der Waals surface area contributed by atoms with Crippen LogP contribution in [0.2, 0.25) is 0 Å². The number of nitrogens with zero attached hydrogens (tertiary/aromatic N) is 4. The number of piperidine rings is 1. The predicted octanol–water partition coefficient (Wildman–Crippen LogP) is 0.115. The number of hydrogen-bond donors (Lipinski definition) is 1. The zero-order valence-electron chi connectivity index (χ0n) is 18.2. The third-order valence-corrected chi connectivity index (χ3v) is 8.51. The first-order valence-corrected chi connectivity index (χ1v) is 12.4. The molecule has 11 heteroatoms. The predicted molar refractivity (Wildman–Crippen MR) is 112 cm³/mol. The van der Waals surface area contributed by atoms with E-state index in [9.17, 15) is 18.0 Å². The fourth-order valence-corrected chi connectivity index (χ4v) is 6.16. The van der Waals surface area contributed by atoms with Crippen LogP contribution in [0.1, 0.15) is 37.1 Å². The number of aromatic nitrogens is 1. The molecule has 3 heterocycles. The second kappa shape index (κ2) is 8.87. The van der Waals surface area contributed by atoms with Gasteiger partial charge in [0.2, 0.25) is 21.8 Å². The van der Waals surface area contributed by atoms with Gasteiger partial charge in [0.1, 0.15) is 10.6 Å². The van der Waals surface area contributed by atoms with Gasteiger partial charge in [-0.25, -0.2) is 8.42 Å². The Kier molecular flexibility index (Phi) is 6.36. The van der Waals surface area contributed by atoms with E-state index in [0.717, 1.165) is 12.8 Å². The summed E-state index contributed by atoms with van der Waals surface area (Å²) in [6.45, 7) is 6.80. The SMILES string of the molecule is Cc1noc(C)c1S(=O)(=O)N1CCC(C(=O)N2CCN(CC(=O)NC3CC3)CC2)CC1. The first kappa shape index (κ1) is 22.2. The highest BCUT2D eigenvalue weighted by atomic mass is 32.2. The topological polar surface area (TPSA) is 116 Å². The molecule has 0 bridgehead atoms. The van der Waals surface area contributed by atoms with E-state index in [4.69, 9.17) is 4.52 Å².